The zero-order chi connectivity index (χ0) is 32.4. The molecular formula is C33H33F3N4O4S. The van der Waals surface area contributed by atoms with Crippen molar-refractivity contribution < 1.29 is 32.0 Å². The molecule has 0 saturated carbocycles. The molecule has 6 rings (SSSR count). The number of aromatic nitrogens is 3. The third-order valence-corrected chi connectivity index (χ3v) is 8.80. The summed E-state index contributed by atoms with van der Waals surface area (Å²) in [5, 5.41) is 7.56. The van der Waals surface area contributed by atoms with Crippen LogP contribution in [0.5, 0.6) is 11.5 Å². The summed E-state index contributed by atoms with van der Waals surface area (Å²) < 4.78 is 64.6. The van der Waals surface area contributed by atoms with Gasteiger partial charge in [0, 0.05) is 66.7 Å². The molecule has 5 aromatic rings. The quantitative estimate of drug-likeness (QED) is 0.178. The molecule has 1 aliphatic heterocycles. The number of fused-ring (bicyclic) bond motifs is 2. The number of aldehydes is 1. The minimum Gasteiger partial charge on any atom is -0.453 e. The van der Waals surface area contributed by atoms with Gasteiger partial charge in [0.2, 0.25) is 0 Å². The lowest BCUT2D eigenvalue weighted by molar-refractivity contribution is -0.110. The van der Waals surface area contributed by atoms with Crippen LogP contribution in [0.2, 0.25) is 0 Å². The Morgan fingerprint density at radius 1 is 1.16 bits per heavy atom. The Kier molecular flexibility index (Phi) is 9.56. The number of aliphatic hydroxyl groups excluding tert-OH is 1. The molecule has 0 spiro atoms. The first kappa shape index (κ1) is 32.1. The number of likely N-dealkylation sites (N-methyl/N-ethyl adjacent to an activating group) is 1. The normalized spacial score (nSPS) is 16.0. The molecule has 45 heavy (non-hydrogen) atoms. The number of ether oxygens (including phenoxy) is 1. The van der Waals surface area contributed by atoms with Crippen molar-refractivity contribution in [3.63, 3.8) is 0 Å². The lowest BCUT2D eigenvalue weighted by Gasteiger charge is -2.32. The van der Waals surface area contributed by atoms with E-state index in [2.05, 4.69) is 9.97 Å². The second-order valence-corrected chi connectivity index (χ2v) is 12.2. The molecule has 3 heterocycles. The molecule has 12 heteroatoms. The van der Waals surface area contributed by atoms with Crippen molar-refractivity contribution in [2.24, 2.45) is 5.92 Å². The molecule has 0 amide bonds. The van der Waals surface area contributed by atoms with E-state index in [4.69, 9.17) is 14.8 Å². The number of hydrogen-bond acceptors (Lipinski definition) is 6. The van der Waals surface area contributed by atoms with Crippen molar-refractivity contribution >= 4 is 28.0 Å². The van der Waals surface area contributed by atoms with Gasteiger partial charge in [-0.3, -0.25) is 9.11 Å². The summed E-state index contributed by atoms with van der Waals surface area (Å²) in [6.07, 6.45) is 4.73. The highest BCUT2D eigenvalue weighted by atomic mass is 32.2. The molecule has 0 aliphatic carbocycles. The molecular weight excluding hydrogens is 605 g/mol. The fraction of sp³-hybridized carbons (Fsp3) is 0.273. The first-order chi connectivity index (χ1) is 21.7. The largest absolute Gasteiger partial charge is 0.453 e. The number of aliphatic hydroxyl groups is 1. The average Bonchev–Trinajstić information content (AvgIpc) is 3.67. The molecule has 236 valence electrons. The third-order valence-electron chi connectivity index (χ3n) is 7.82. The Morgan fingerprint density at radius 2 is 1.93 bits per heavy atom. The molecule has 3 N–H and O–H groups in total. The predicted molar refractivity (Wildman–Crippen MR) is 166 cm³/mol. The summed E-state index contributed by atoms with van der Waals surface area (Å²) in [5.74, 6) is -1.87. The molecule has 0 bridgehead atoms. The van der Waals surface area contributed by atoms with E-state index in [1.165, 1.54) is 30.5 Å². The van der Waals surface area contributed by atoms with E-state index in [1.807, 2.05) is 11.9 Å². The van der Waals surface area contributed by atoms with Gasteiger partial charge in [0.05, 0.1) is 33.0 Å². The van der Waals surface area contributed by atoms with E-state index in [9.17, 15) is 9.00 Å². The zero-order valence-corrected chi connectivity index (χ0v) is 26.0. The van der Waals surface area contributed by atoms with Crippen molar-refractivity contribution in [3.8, 4) is 22.9 Å². The second-order valence-electron chi connectivity index (χ2n) is 10.9. The first-order valence-electron chi connectivity index (χ1n) is 14.2. The van der Waals surface area contributed by atoms with Gasteiger partial charge in [0.15, 0.2) is 11.6 Å². The van der Waals surface area contributed by atoms with Gasteiger partial charge in [0.25, 0.3) is 0 Å². The number of nitrogens with zero attached hydrogens (tertiary/aromatic N) is 2. The van der Waals surface area contributed by atoms with Gasteiger partial charge in [-0.2, -0.15) is 0 Å². The van der Waals surface area contributed by atoms with Crippen LogP contribution in [0.15, 0.2) is 59.6 Å². The fourth-order valence-electron chi connectivity index (χ4n) is 5.71. The lowest BCUT2D eigenvalue weighted by atomic mass is 9.92. The van der Waals surface area contributed by atoms with Crippen molar-refractivity contribution in [3.05, 3.63) is 94.7 Å². The minimum atomic E-state index is -1.58. The standard InChI is InChI=1S/C32H29F3N4O3S.CH4O/c1-17(16-40)13-18-5-4-6-21(27(18)35)29-28-25(10-12-39(29)2)37-32(38-28)22-14-19(7-8-23(22)33)42-30-24(34)15-26-20(9-11-36-26)31(30)43(3)41;1-2/h4-9,11,14-17,29,36H,10,12-13H2,1-3H3,(H,37,38);2H,1H3. The van der Waals surface area contributed by atoms with Gasteiger partial charge in [-0.05, 0) is 43.3 Å². The Bertz CT molecular complexity index is 1890. The maximum absolute atomic E-state index is 15.8. The SMILES string of the molecule is CC(C=O)Cc1cccc(C2c3nc(-c4cc(Oc5c(F)cc6[nH]ccc6c5S(C)=O)ccc4F)[nH]c3CCN2C)c1F.CO. The van der Waals surface area contributed by atoms with Crippen molar-refractivity contribution in [2.45, 2.75) is 30.7 Å². The third kappa shape index (κ3) is 6.18. The zero-order valence-electron chi connectivity index (χ0n) is 25.2. The van der Waals surface area contributed by atoms with Gasteiger partial charge in [-0.25, -0.2) is 18.2 Å². The van der Waals surface area contributed by atoms with Crippen LogP contribution in [-0.4, -0.2) is 62.4 Å². The van der Waals surface area contributed by atoms with Gasteiger partial charge in [0.1, 0.15) is 29.5 Å². The number of carbonyl (C=O) groups is 1. The number of nitrogens with one attached hydrogen (secondary N) is 2. The number of aromatic amines is 2. The highest BCUT2D eigenvalue weighted by molar-refractivity contribution is 7.84. The summed E-state index contributed by atoms with van der Waals surface area (Å²) in [4.78, 5) is 24.2. The molecule has 0 saturated heterocycles. The van der Waals surface area contributed by atoms with E-state index in [-0.39, 0.29) is 40.1 Å². The van der Waals surface area contributed by atoms with Gasteiger partial charge in [-0.15, -0.1) is 0 Å². The fourth-order valence-corrected chi connectivity index (χ4v) is 6.60. The number of benzene rings is 3. The first-order valence-corrected chi connectivity index (χ1v) is 15.8. The van der Waals surface area contributed by atoms with E-state index in [0.717, 1.165) is 19.1 Å². The minimum absolute atomic E-state index is 0.0876. The summed E-state index contributed by atoms with van der Waals surface area (Å²) in [6.45, 7) is 2.35. The summed E-state index contributed by atoms with van der Waals surface area (Å²) in [7, 11) is 1.30. The van der Waals surface area contributed by atoms with E-state index in [1.54, 1.807) is 37.4 Å². The van der Waals surface area contributed by atoms with Crippen LogP contribution >= 0.6 is 0 Å². The smallest absolute Gasteiger partial charge is 0.179 e. The number of hydrogen-bond donors (Lipinski definition) is 3. The lowest BCUT2D eigenvalue weighted by Crippen LogP contribution is -2.33. The number of H-pyrrole nitrogens is 2. The van der Waals surface area contributed by atoms with Crippen LogP contribution < -0.4 is 4.74 Å². The molecule has 1 aliphatic rings. The summed E-state index contributed by atoms with van der Waals surface area (Å²) >= 11 is 0. The van der Waals surface area contributed by atoms with Gasteiger partial charge >= 0.3 is 0 Å². The Labute approximate surface area is 260 Å². The average molecular weight is 639 g/mol. The van der Waals surface area contributed by atoms with Gasteiger partial charge < -0.3 is 24.6 Å². The summed E-state index contributed by atoms with van der Waals surface area (Å²) in [6, 6.07) is 11.5. The summed E-state index contributed by atoms with van der Waals surface area (Å²) in [5.41, 5.74) is 2.76. The molecule has 3 unspecified atom stereocenters. The second kappa shape index (κ2) is 13.4. The monoisotopic (exact) mass is 638 g/mol. The number of rotatable bonds is 8. The van der Waals surface area contributed by atoms with Crippen LogP contribution in [-0.2, 0) is 28.4 Å². The van der Waals surface area contributed by atoms with Crippen LogP contribution in [0.1, 0.15) is 35.5 Å². The highest BCUT2D eigenvalue weighted by Gasteiger charge is 2.33. The van der Waals surface area contributed by atoms with Crippen LogP contribution in [0.4, 0.5) is 13.2 Å². The Hall–Kier alpha value is -4.26. The van der Waals surface area contributed by atoms with Crippen LogP contribution in [0, 0.1) is 23.4 Å². The topological polar surface area (TPSA) is 111 Å². The maximum atomic E-state index is 15.8. The van der Waals surface area contributed by atoms with Crippen LogP contribution in [0.25, 0.3) is 22.3 Å². The maximum Gasteiger partial charge on any atom is 0.179 e. The van der Waals surface area contributed by atoms with Gasteiger partial charge in [-0.1, -0.05) is 25.1 Å². The molecule has 0 radical (unpaired) electrons. The Morgan fingerprint density at radius 3 is 2.67 bits per heavy atom. The molecule has 0 fully saturated rings. The number of halogens is 3. The van der Waals surface area contributed by atoms with Crippen molar-refractivity contribution in [1.29, 1.82) is 0 Å². The molecule has 8 nitrogen and oxygen atoms in total. The molecule has 3 aromatic carbocycles. The van der Waals surface area contributed by atoms with E-state index in [0.29, 0.717) is 40.7 Å². The Balaban J connectivity index is 0.00000196. The molecule has 3 atom stereocenters. The predicted octanol–water partition coefficient (Wildman–Crippen LogP) is 6.07. The molecule has 2 aromatic heterocycles. The highest BCUT2D eigenvalue weighted by Crippen LogP contribution is 2.40. The van der Waals surface area contributed by atoms with Crippen LogP contribution in [0.3, 0.4) is 0 Å². The van der Waals surface area contributed by atoms with Crippen molar-refractivity contribution in [2.75, 3.05) is 27.0 Å². The number of carbonyl (C=O) groups excluding carboxylic acids is 1. The number of imidazole rings is 1. The van der Waals surface area contributed by atoms with E-state index < -0.39 is 34.3 Å². The van der Waals surface area contributed by atoms with Crippen molar-refractivity contribution in [1.82, 2.24) is 19.9 Å². The van der Waals surface area contributed by atoms with E-state index >= 15 is 13.2 Å².